The maximum Gasteiger partial charge on any atom is 0.415 e. The lowest BCUT2D eigenvalue weighted by molar-refractivity contribution is -0.121. The van der Waals surface area contributed by atoms with E-state index in [4.69, 9.17) is 28.2 Å². The Hall–Kier alpha value is -2.91. The number of hydrogen-bond donors (Lipinski definition) is 1. The van der Waals surface area contributed by atoms with Crippen LogP contribution in [0.5, 0.6) is 0 Å². The fourth-order valence-corrected chi connectivity index (χ4v) is 4.40. The number of carbonyl (C=O) groups is 1. The Morgan fingerprint density at radius 3 is 2.57 bits per heavy atom. The van der Waals surface area contributed by atoms with Crippen LogP contribution in [0.25, 0.3) is 11.3 Å². The molecule has 0 atom stereocenters. The Morgan fingerprint density at radius 1 is 1.27 bits per heavy atom. The molecule has 1 N–H and O–H groups in total. The van der Waals surface area contributed by atoms with Crippen molar-refractivity contribution in [3.8, 4) is 11.3 Å². The van der Waals surface area contributed by atoms with Crippen molar-refractivity contribution < 1.29 is 18.0 Å². The van der Waals surface area contributed by atoms with Crippen LogP contribution in [0.15, 0.2) is 53.7 Å². The van der Waals surface area contributed by atoms with Crippen molar-refractivity contribution in [3.05, 3.63) is 64.4 Å². The Kier molecular flexibility index (Phi) is 9.73. The van der Waals surface area contributed by atoms with Gasteiger partial charge in [0.05, 0.1) is 16.9 Å². The molecule has 0 radical (unpaired) electrons. The Labute approximate surface area is 224 Å². The lowest BCUT2D eigenvalue weighted by atomic mass is 10.0. The fraction of sp³-hybridized carbons (Fsp3) is 0.385. The third-order valence-corrected chi connectivity index (χ3v) is 6.44. The number of hydrogen-bond acceptors (Lipinski definition) is 5. The molecule has 0 unspecified atom stereocenters. The van der Waals surface area contributed by atoms with Crippen molar-refractivity contribution in [3.63, 3.8) is 0 Å². The molecule has 1 fully saturated rings. The molecule has 1 amide bonds. The molecular formula is C26H28Cl2F3N5O. The Balaban J connectivity index is 1.94. The van der Waals surface area contributed by atoms with E-state index < -0.39 is 11.7 Å². The van der Waals surface area contributed by atoms with Gasteiger partial charge in [-0.25, -0.2) is 9.97 Å². The van der Waals surface area contributed by atoms with E-state index in [2.05, 4.69) is 26.8 Å². The number of nitrogens with zero attached hydrogens (tertiary/aromatic N) is 4. The van der Waals surface area contributed by atoms with Crippen LogP contribution in [0.1, 0.15) is 38.3 Å². The summed E-state index contributed by atoms with van der Waals surface area (Å²) < 4.78 is 38.9. The van der Waals surface area contributed by atoms with Crippen LogP contribution >= 0.6 is 23.2 Å². The molecule has 0 aliphatic carbocycles. The minimum Gasteiger partial charge on any atom is -0.355 e. The van der Waals surface area contributed by atoms with Gasteiger partial charge in [0.25, 0.3) is 0 Å². The third-order valence-electron chi connectivity index (χ3n) is 5.90. The number of allylic oxidation sites excluding steroid dienone is 3. The van der Waals surface area contributed by atoms with E-state index in [1.807, 2.05) is 6.92 Å². The molecule has 0 saturated carbocycles. The predicted molar refractivity (Wildman–Crippen MR) is 143 cm³/mol. The number of benzene rings is 1. The minimum atomic E-state index is -4.56. The third kappa shape index (κ3) is 7.55. The van der Waals surface area contributed by atoms with Crippen LogP contribution in [-0.2, 0) is 4.79 Å². The number of aromatic nitrogens is 2. The summed E-state index contributed by atoms with van der Waals surface area (Å²) in [7, 11) is 1.45. The van der Waals surface area contributed by atoms with E-state index in [1.54, 1.807) is 24.4 Å². The highest BCUT2D eigenvalue weighted by Gasteiger charge is 2.30. The van der Waals surface area contributed by atoms with Crippen molar-refractivity contribution in [2.45, 2.75) is 44.8 Å². The lowest BCUT2D eigenvalue weighted by Crippen LogP contribution is -2.45. The first-order valence-corrected chi connectivity index (χ1v) is 12.6. The summed E-state index contributed by atoms with van der Waals surface area (Å²) in [5.41, 5.74) is 0.311. The first kappa shape index (κ1) is 28.7. The van der Waals surface area contributed by atoms with E-state index in [-0.39, 0.29) is 23.4 Å². The van der Waals surface area contributed by atoms with E-state index in [9.17, 15) is 18.0 Å². The number of piperidine rings is 1. The normalized spacial score (nSPS) is 15.3. The molecule has 1 saturated heterocycles. The van der Waals surface area contributed by atoms with Crippen LogP contribution in [-0.4, -0.2) is 53.9 Å². The summed E-state index contributed by atoms with van der Waals surface area (Å²) in [6, 6.07) is 4.99. The smallest absolute Gasteiger partial charge is 0.355 e. The van der Waals surface area contributed by atoms with Crippen LogP contribution in [0.2, 0.25) is 10.0 Å². The number of halogens is 5. The van der Waals surface area contributed by atoms with Crippen molar-refractivity contribution in [1.29, 1.82) is 0 Å². The van der Waals surface area contributed by atoms with Gasteiger partial charge in [0.2, 0.25) is 5.91 Å². The van der Waals surface area contributed by atoms with Crippen LogP contribution in [0.3, 0.4) is 0 Å². The molecule has 0 bridgehead atoms. The quantitative estimate of drug-likeness (QED) is 0.302. The zero-order chi connectivity index (χ0) is 27.2. The summed E-state index contributed by atoms with van der Waals surface area (Å²) in [6.45, 7) is 6.34. The average Bonchev–Trinajstić information content (AvgIpc) is 2.84. The van der Waals surface area contributed by atoms with Crippen molar-refractivity contribution in [2.75, 3.05) is 25.0 Å². The number of aliphatic imine (C=N–C) groups is 1. The first-order chi connectivity index (χ1) is 17.5. The van der Waals surface area contributed by atoms with Gasteiger partial charge in [-0.3, -0.25) is 9.79 Å². The predicted octanol–water partition coefficient (Wildman–Crippen LogP) is 6.43. The molecule has 0 spiro atoms. The van der Waals surface area contributed by atoms with Gasteiger partial charge in [0, 0.05) is 48.8 Å². The van der Waals surface area contributed by atoms with E-state index >= 15 is 0 Å². The molecule has 1 aliphatic heterocycles. The van der Waals surface area contributed by atoms with Crippen LogP contribution in [0, 0.1) is 0 Å². The highest BCUT2D eigenvalue weighted by Crippen LogP contribution is 2.33. The summed E-state index contributed by atoms with van der Waals surface area (Å²) in [4.78, 5) is 27.5. The maximum atomic E-state index is 13.0. The zero-order valence-corrected chi connectivity index (χ0v) is 22.1. The first-order valence-electron chi connectivity index (χ1n) is 11.8. The van der Waals surface area contributed by atoms with Crippen molar-refractivity contribution in [1.82, 2.24) is 15.3 Å². The number of amides is 1. The van der Waals surface area contributed by atoms with Gasteiger partial charge in [-0.05, 0) is 49.6 Å². The molecule has 11 heteroatoms. The van der Waals surface area contributed by atoms with Gasteiger partial charge in [-0.2, -0.15) is 13.2 Å². The number of rotatable bonds is 8. The van der Waals surface area contributed by atoms with Gasteiger partial charge < -0.3 is 10.2 Å². The molecule has 1 aromatic carbocycles. The van der Waals surface area contributed by atoms with Gasteiger partial charge >= 0.3 is 6.18 Å². The van der Waals surface area contributed by atoms with Crippen LogP contribution < -0.4 is 10.2 Å². The molecule has 1 aromatic heterocycles. The molecule has 198 valence electrons. The van der Waals surface area contributed by atoms with Crippen molar-refractivity contribution in [2.24, 2.45) is 4.99 Å². The Bertz CT molecular complexity index is 1210. The average molecular weight is 554 g/mol. The molecule has 2 heterocycles. The van der Waals surface area contributed by atoms with Gasteiger partial charge in [0.1, 0.15) is 17.2 Å². The largest absolute Gasteiger partial charge is 0.415 e. The zero-order valence-electron chi connectivity index (χ0n) is 20.6. The second-order valence-corrected chi connectivity index (χ2v) is 9.44. The summed E-state index contributed by atoms with van der Waals surface area (Å²) in [5, 5.41) is 3.81. The van der Waals surface area contributed by atoms with Crippen molar-refractivity contribution >= 4 is 40.6 Å². The van der Waals surface area contributed by atoms with Crippen LogP contribution in [0.4, 0.5) is 19.0 Å². The van der Waals surface area contributed by atoms with E-state index in [0.717, 1.165) is 25.3 Å². The molecule has 37 heavy (non-hydrogen) atoms. The van der Waals surface area contributed by atoms with E-state index in [0.29, 0.717) is 46.6 Å². The number of anilines is 1. The summed E-state index contributed by atoms with van der Waals surface area (Å²) in [5.74, 6) is 0.639. The minimum absolute atomic E-state index is 0.0532. The monoisotopic (exact) mass is 553 g/mol. The topological polar surface area (TPSA) is 70.5 Å². The molecule has 1 aliphatic rings. The summed E-state index contributed by atoms with van der Waals surface area (Å²) >= 11 is 12.5. The molecule has 3 rings (SSSR count). The second kappa shape index (κ2) is 12.6. The van der Waals surface area contributed by atoms with E-state index in [1.165, 1.54) is 13.1 Å². The van der Waals surface area contributed by atoms with Gasteiger partial charge in [0.15, 0.2) is 0 Å². The number of alkyl halides is 3. The SMILES string of the molecule is C=C(/C=C\C(=NC)c1ncc(N2CCC(NC(=O)CCC)CC2)nc1-c1ccc(Cl)cc1Cl)C(F)(F)F. The highest BCUT2D eigenvalue weighted by atomic mass is 35.5. The number of nitrogens with one attached hydrogen (secondary N) is 1. The Morgan fingerprint density at radius 2 is 1.97 bits per heavy atom. The molecule has 2 aromatic rings. The lowest BCUT2D eigenvalue weighted by Gasteiger charge is -2.33. The second-order valence-electron chi connectivity index (χ2n) is 8.59. The highest BCUT2D eigenvalue weighted by molar-refractivity contribution is 6.36. The van der Waals surface area contributed by atoms with Gasteiger partial charge in [-0.1, -0.05) is 36.7 Å². The maximum absolute atomic E-state index is 13.0. The standard InChI is InChI=1S/C26H28Cl2F3N5O/c1-4-5-23(37)34-18-10-12-36(13-11-18)22-15-33-25(21(32-3)9-6-16(2)26(29,30)31)24(35-22)19-8-7-17(27)14-20(19)28/h6-9,14-15,18H,2,4-5,10-13H2,1,3H3,(H,34,37)/b9-6-,32-21?. The molecular weight excluding hydrogens is 526 g/mol. The molecule has 6 nitrogen and oxygen atoms in total. The summed E-state index contributed by atoms with van der Waals surface area (Å²) in [6.07, 6.45) is 1.86. The fourth-order valence-electron chi connectivity index (χ4n) is 3.90. The number of carbonyl (C=O) groups excluding carboxylic acids is 1. The van der Waals surface area contributed by atoms with Gasteiger partial charge in [-0.15, -0.1) is 0 Å².